The van der Waals surface area contributed by atoms with Crippen LogP contribution < -0.4 is 9.47 Å². The average molecular weight is 273 g/mol. The fraction of sp³-hybridized carbons (Fsp3) is 0.462. The van der Waals surface area contributed by atoms with E-state index in [1.54, 1.807) is 20.3 Å². The molecule has 0 heterocycles. The van der Waals surface area contributed by atoms with Crippen molar-refractivity contribution in [2.45, 2.75) is 6.42 Å². The zero-order chi connectivity index (χ0) is 13.5. The molecule has 0 bridgehead atoms. The lowest BCUT2D eigenvalue weighted by molar-refractivity contribution is -0.116. The van der Waals surface area contributed by atoms with Crippen molar-refractivity contribution in [3.63, 3.8) is 0 Å². The topological polar surface area (TPSA) is 44.8 Å². The number of rotatable bonds is 7. The average Bonchev–Trinajstić information content (AvgIpc) is 2.38. The number of halogens is 1. The lowest BCUT2D eigenvalue weighted by Gasteiger charge is -2.14. The molecule has 0 N–H and O–H groups in total. The van der Waals surface area contributed by atoms with E-state index in [1.165, 1.54) is 7.11 Å². The van der Waals surface area contributed by atoms with Crippen LogP contribution in [0.25, 0.3) is 0 Å². The van der Waals surface area contributed by atoms with E-state index in [1.807, 2.05) is 12.1 Å². The zero-order valence-corrected chi connectivity index (χ0v) is 11.5. The molecule has 0 fully saturated rings. The molecular weight excluding hydrogens is 256 g/mol. The Kier molecular flexibility index (Phi) is 5.95. The van der Waals surface area contributed by atoms with Gasteiger partial charge in [-0.2, -0.15) is 0 Å². The molecule has 0 aliphatic carbocycles. The number of methoxy groups -OCH3 is 3. The van der Waals surface area contributed by atoms with E-state index >= 15 is 0 Å². The van der Waals surface area contributed by atoms with Crippen LogP contribution in [0.15, 0.2) is 18.2 Å². The van der Waals surface area contributed by atoms with Crippen molar-refractivity contribution in [2.24, 2.45) is 5.92 Å². The largest absolute Gasteiger partial charge is 0.497 e. The van der Waals surface area contributed by atoms with E-state index in [-0.39, 0.29) is 12.5 Å². The molecule has 1 aromatic rings. The summed E-state index contributed by atoms with van der Waals surface area (Å²) in [4.78, 5) is 11.3. The van der Waals surface area contributed by atoms with Crippen LogP contribution in [-0.2, 0) is 16.0 Å². The third kappa shape index (κ3) is 3.89. The molecule has 1 rings (SSSR count). The molecule has 0 aliphatic rings. The van der Waals surface area contributed by atoms with Gasteiger partial charge in [-0.05, 0) is 29.7 Å². The number of carbonyl (C=O) groups is 1. The fourth-order valence-electron chi connectivity index (χ4n) is 1.69. The highest BCUT2D eigenvalue weighted by atomic mass is 35.5. The van der Waals surface area contributed by atoms with E-state index in [0.29, 0.717) is 17.9 Å². The first-order chi connectivity index (χ1) is 8.62. The normalized spacial score (nSPS) is 12.0. The van der Waals surface area contributed by atoms with Crippen LogP contribution in [-0.4, -0.2) is 33.2 Å². The minimum absolute atomic E-state index is 0.289. The highest BCUT2D eigenvalue weighted by Crippen LogP contribution is 2.27. The highest BCUT2D eigenvalue weighted by molar-refractivity contribution is 6.64. The highest BCUT2D eigenvalue weighted by Gasteiger charge is 2.19. The summed E-state index contributed by atoms with van der Waals surface area (Å²) in [6, 6.07) is 5.46. The molecule has 1 unspecified atom stereocenters. The summed E-state index contributed by atoms with van der Waals surface area (Å²) in [5.74, 6) is 1.00. The van der Waals surface area contributed by atoms with Crippen molar-refractivity contribution in [2.75, 3.05) is 27.9 Å². The summed E-state index contributed by atoms with van der Waals surface area (Å²) in [6.45, 7) is 0.289. The predicted octanol–water partition coefficient (Wildman–Crippen LogP) is 2.27. The second-order valence-electron chi connectivity index (χ2n) is 3.84. The Morgan fingerprint density at radius 3 is 2.50 bits per heavy atom. The molecule has 1 aromatic carbocycles. The molecule has 0 aliphatic heterocycles. The monoisotopic (exact) mass is 272 g/mol. The van der Waals surface area contributed by atoms with Gasteiger partial charge in [-0.3, -0.25) is 4.79 Å². The van der Waals surface area contributed by atoms with Crippen LogP contribution in [0, 0.1) is 5.92 Å². The lowest BCUT2D eigenvalue weighted by atomic mass is 10.00. The molecule has 1 atom stereocenters. The van der Waals surface area contributed by atoms with Gasteiger partial charge in [0.25, 0.3) is 0 Å². The summed E-state index contributed by atoms with van der Waals surface area (Å²) in [6.07, 6.45) is 0.476. The van der Waals surface area contributed by atoms with Gasteiger partial charge in [0, 0.05) is 13.2 Å². The molecule has 0 saturated carbocycles. The Morgan fingerprint density at radius 1 is 1.28 bits per heavy atom. The molecule has 5 heteroatoms. The molecule has 0 amide bonds. The van der Waals surface area contributed by atoms with Crippen LogP contribution in [0.4, 0.5) is 0 Å². The number of ether oxygens (including phenoxy) is 3. The van der Waals surface area contributed by atoms with Gasteiger partial charge in [0.15, 0.2) is 0 Å². The Morgan fingerprint density at radius 2 is 2.00 bits per heavy atom. The van der Waals surface area contributed by atoms with E-state index in [9.17, 15) is 4.79 Å². The predicted molar refractivity (Wildman–Crippen MR) is 69.5 cm³/mol. The van der Waals surface area contributed by atoms with Gasteiger partial charge in [0.1, 0.15) is 11.5 Å². The minimum Gasteiger partial charge on any atom is -0.497 e. The lowest BCUT2D eigenvalue weighted by Crippen LogP contribution is -2.18. The van der Waals surface area contributed by atoms with Gasteiger partial charge in [0.05, 0.1) is 26.7 Å². The van der Waals surface area contributed by atoms with Gasteiger partial charge in [-0.15, -0.1) is 0 Å². The van der Waals surface area contributed by atoms with Gasteiger partial charge < -0.3 is 14.2 Å². The van der Waals surface area contributed by atoms with Crippen molar-refractivity contribution < 1.29 is 19.0 Å². The van der Waals surface area contributed by atoms with Crippen molar-refractivity contribution >= 4 is 16.8 Å². The molecule has 18 heavy (non-hydrogen) atoms. The van der Waals surface area contributed by atoms with Crippen molar-refractivity contribution in [3.8, 4) is 11.5 Å². The van der Waals surface area contributed by atoms with Gasteiger partial charge in [0.2, 0.25) is 5.24 Å². The van der Waals surface area contributed by atoms with Crippen LogP contribution in [0.2, 0.25) is 0 Å². The summed E-state index contributed by atoms with van der Waals surface area (Å²) in [7, 11) is 4.70. The zero-order valence-electron chi connectivity index (χ0n) is 10.7. The summed E-state index contributed by atoms with van der Waals surface area (Å²) < 4.78 is 15.4. The Labute approximate surface area is 112 Å². The maximum Gasteiger partial charge on any atom is 0.227 e. The third-order valence-corrected chi connectivity index (χ3v) is 2.96. The molecule has 0 aromatic heterocycles. The summed E-state index contributed by atoms with van der Waals surface area (Å²) in [5, 5.41) is -0.408. The van der Waals surface area contributed by atoms with E-state index < -0.39 is 5.24 Å². The number of benzene rings is 1. The van der Waals surface area contributed by atoms with Gasteiger partial charge >= 0.3 is 0 Å². The standard InChI is InChI=1S/C13H17ClO4/c1-16-8-10(13(14)15)6-9-4-5-11(17-2)7-12(9)18-3/h4-5,7,10H,6,8H2,1-3H3. The number of carbonyl (C=O) groups excluding carboxylic acids is 1. The van der Waals surface area contributed by atoms with Crippen LogP contribution >= 0.6 is 11.6 Å². The van der Waals surface area contributed by atoms with Crippen LogP contribution in [0.5, 0.6) is 11.5 Å². The maximum absolute atomic E-state index is 11.3. The first-order valence-corrected chi connectivity index (χ1v) is 5.89. The quantitative estimate of drug-likeness (QED) is 0.715. The SMILES string of the molecule is COCC(Cc1ccc(OC)cc1OC)C(=O)Cl. The molecule has 4 nitrogen and oxygen atoms in total. The minimum atomic E-state index is -0.408. The number of hydrogen-bond donors (Lipinski definition) is 0. The third-order valence-electron chi connectivity index (χ3n) is 2.65. The summed E-state index contributed by atoms with van der Waals surface area (Å²) in [5.41, 5.74) is 0.898. The first-order valence-electron chi connectivity index (χ1n) is 5.51. The van der Waals surface area contributed by atoms with E-state index in [2.05, 4.69) is 0 Å². The van der Waals surface area contributed by atoms with Crippen LogP contribution in [0.1, 0.15) is 5.56 Å². The summed E-state index contributed by atoms with van der Waals surface area (Å²) >= 11 is 5.54. The Hall–Kier alpha value is -1.26. The van der Waals surface area contributed by atoms with Gasteiger partial charge in [-0.25, -0.2) is 0 Å². The van der Waals surface area contributed by atoms with Crippen molar-refractivity contribution in [1.29, 1.82) is 0 Å². The molecule has 100 valence electrons. The maximum atomic E-state index is 11.3. The second-order valence-corrected chi connectivity index (χ2v) is 4.21. The number of hydrogen-bond acceptors (Lipinski definition) is 4. The van der Waals surface area contributed by atoms with E-state index in [4.69, 9.17) is 25.8 Å². The van der Waals surface area contributed by atoms with Crippen molar-refractivity contribution in [1.82, 2.24) is 0 Å². The Bertz CT molecular complexity index is 406. The van der Waals surface area contributed by atoms with Gasteiger partial charge in [-0.1, -0.05) is 6.07 Å². The van der Waals surface area contributed by atoms with Crippen molar-refractivity contribution in [3.05, 3.63) is 23.8 Å². The van der Waals surface area contributed by atoms with Crippen LogP contribution in [0.3, 0.4) is 0 Å². The smallest absolute Gasteiger partial charge is 0.227 e. The van der Waals surface area contributed by atoms with E-state index in [0.717, 1.165) is 5.56 Å². The molecular formula is C13H17ClO4. The first kappa shape index (κ1) is 14.8. The molecule has 0 radical (unpaired) electrons. The molecule has 0 saturated heterocycles. The Balaban J connectivity index is 2.91. The second kappa shape index (κ2) is 7.24. The fourth-order valence-corrected chi connectivity index (χ4v) is 1.83. The molecule has 0 spiro atoms.